The van der Waals surface area contributed by atoms with E-state index in [9.17, 15) is 9.59 Å². The van der Waals surface area contributed by atoms with E-state index in [0.717, 1.165) is 41.0 Å². The molecule has 3 N–H and O–H groups in total. The zero-order chi connectivity index (χ0) is 35.5. The molecule has 258 valence electrons. The first-order valence-electron chi connectivity index (χ1n) is 16.2. The number of ether oxygens (including phenoxy) is 2. The molecule has 0 aliphatic rings. The van der Waals surface area contributed by atoms with Crippen LogP contribution in [0.1, 0.15) is 63.0 Å². The van der Waals surface area contributed by atoms with E-state index in [1.165, 1.54) is 7.11 Å². The Bertz CT molecular complexity index is 1710. The Kier molecular flexibility index (Phi) is 13.7. The first kappa shape index (κ1) is 38.2. The van der Waals surface area contributed by atoms with Crippen molar-refractivity contribution < 1.29 is 28.6 Å². The Morgan fingerprint density at radius 1 is 0.938 bits per heavy atom. The lowest BCUT2D eigenvalue weighted by Gasteiger charge is -2.40. The third kappa shape index (κ3) is 11.5. The summed E-state index contributed by atoms with van der Waals surface area (Å²) in [6.07, 6.45) is 0.803. The van der Waals surface area contributed by atoms with E-state index in [1.807, 2.05) is 54.6 Å². The van der Waals surface area contributed by atoms with Gasteiger partial charge < -0.3 is 29.3 Å². The molecule has 48 heavy (non-hydrogen) atoms. The molecule has 0 saturated heterocycles. The Hall–Kier alpha value is -4.25. The summed E-state index contributed by atoms with van der Waals surface area (Å²) in [5, 5.41) is 12.1. The largest absolute Gasteiger partial charge is 0.487 e. The van der Waals surface area contributed by atoms with Crippen LogP contribution in [0.15, 0.2) is 83.7 Å². The second-order valence-corrected chi connectivity index (χ2v) is 18.3. The number of carbonyl (C=O) groups is 2. The summed E-state index contributed by atoms with van der Waals surface area (Å²) >= 11 is 0. The molecular weight excluding hydrogens is 625 g/mol. The van der Waals surface area contributed by atoms with Crippen molar-refractivity contribution in [3.63, 3.8) is 0 Å². The zero-order valence-electron chi connectivity index (χ0n) is 29.4. The second kappa shape index (κ2) is 17.2. The number of aromatic amines is 1. The van der Waals surface area contributed by atoms with Crippen molar-refractivity contribution in [3.05, 3.63) is 111 Å². The van der Waals surface area contributed by atoms with Crippen LogP contribution in [-0.4, -0.2) is 50.0 Å². The third-order valence-electron chi connectivity index (χ3n) is 8.48. The van der Waals surface area contributed by atoms with Crippen LogP contribution in [0, 0.1) is 0 Å². The van der Waals surface area contributed by atoms with E-state index >= 15 is 0 Å². The Balaban J connectivity index is 0.00000148. The molecule has 0 saturated carbocycles. The number of esters is 1. The normalized spacial score (nSPS) is 12.8. The molecule has 0 bridgehead atoms. The summed E-state index contributed by atoms with van der Waals surface area (Å²) in [6.45, 7) is 15.5. The Morgan fingerprint density at radius 3 is 2.23 bits per heavy atom. The molecule has 0 fully saturated rings. The van der Waals surface area contributed by atoms with Crippen LogP contribution < -0.4 is 15.6 Å². The molecule has 0 aliphatic carbocycles. The summed E-state index contributed by atoms with van der Waals surface area (Å²) in [7, 11) is -0.773. The fraction of sp³-hybridized carbons (Fsp3) is 0.395. The van der Waals surface area contributed by atoms with Crippen LogP contribution in [-0.2, 0) is 38.2 Å². The van der Waals surface area contributed by atoms with Crippen LogP contribution >= 0.6 is 0 Å². The number of carboxylic acids is 1. The second-order valence-electron chi connectivity index (χ2n) is 13.5. The summed E-state index contributed by atoms with van der Waals surface area (Å²) < 4.78 is 18.1. The number of nitrogens with one attached hydrogen (secondary N) is 2. The van der Waals surface area contributed by atoms with Gasteiger partial charge in [-0.15, -0.1) is 0 Å². The number of hydrogen-bond acceptors (Lipinski definition) is 7. The van der Waals surface area contributed by atoms with Gasteiger partial charge >= 0.3 is 5.97 Å². The fourth-order valence-electron chi connectivity index (χ4n) is 4.97. The predicted octanol–water partition coefficient (Wildman–Crippen LogP) is 7.20. The maximum atomic E-state index is 12.5. The molecule has 2 atom stereocenters. The quantitative estimate of drug-likeness (QED) is 0.100. The average Bonchev–Trinajstić information content (AvgIpc) is 3.01. The molecule has 1 heterocycles. The lowest BCUT2D eigenvalue weighted by molar-refractivity contribution is -0.139. The average molecular weight is 675 g/mol. The van der Waals surface area contributed by atoms with Crippen molar-refractivity contribution in [2.75, 3.05) is 13.7 Å². The molecule has 0 amide bonds. The van der Waals surface area contributed by atoms with E-state index in [0.29, 0.717) is 24.4 Å². The third-order valence-corrected chi connectivity index (χ3v) is 13.0. The van der Waals surface area contributed by atoms with Gasteiger partial charge in [-0.05, 0) is 65.9 Å². The highest BCUT2D eigenvalue weighted by Crippen LogP contribution is 2.41. The number of carboxylic acid groups (broad SMARTS) is 1. The molecule has 0 aliphatic heterocycles. The van der Waals surface area contributed by atoms with E-state index < -0.39 is 14.3 Å². The van der Waals surface area contributed by atoms with Crippen molar-refractivity contribution in [3.8, 4) is 5.75 Å². The van der Waals surface area contributed by atoms with Gasteiger partial charge in [-0.3, -0.25) is 14.4 Å². The van der Waals surface area contributed by atoms with Gasteiger partial charge in [-0.25, -0.2) is 0 Å². The summed E-state index contributed by atoms with van der Waals surface area (Å²) in [5.74, 6) is -0.450. The Labute approximate surface area is 284 Å². The van der Waals surface area contributed by atoms with Gasteiger partial charge in [-0.2, -0.15) is 0 Å². The number of hydrogen-bond donors (Lipinski definition) is 3. The Morgan fingerprint density at radius 2 is 1.58 bits per heavy atom. The number of methoxy groups -OCH3 is 1. The highest BCUT2D eigenvalue weighted by molar-refractivity contribution is 6.74. The molecule has 9 nitrogen and oxygen atoms in total. The lowest BCUT2D eigenvalue weighted by atomic mass is 10.0. The number of H-pyrrole nitrogens is 1. The number of pyridine rings is 1. The minimum atomic E-state index is -2.18. The molecule has 0 unspecified atom stereocenters. The first-order valence-corrected chi connectivity index (χ1v) is 19.1. The van der Waals surface area contributed by atoms with Gasteiger partial charge in [0.1, 0.15) is 12.4 Å². The van der Waals surface area contributed by atoms with Gasteiger partial charge in [0.05, 0.1) is 25.2 Å². The van der Waals surface area contributed by atoms with Crippen LogP contribution in [0.25, 0.3) is 10.9 Å². The smallest absolute Gasteiger partial charge is 0.309 e. The molecule has 0 spiro atoms. The lowest BCUT2D eigenvalue weighted by Crippen LogP contribution is -2.44. The molecule has 0 radical (unpaired) electrons. The molecule has 4 rings (SSSR count). The van der Waals surface area contributed by atoms with Crippen molar-refractivity contribution in [1.82, 2.24) is 10.3 Å². The van der Waals surface area contributed by atoms with E-state index in [4.69, 9.17) is 23.8 Å². The van der Waals surface area contributed by atoms with Crippen LogP contribution in [0.4, 0.5) is 0 Å². The molecule has 10 heteroatoms. The summed E-state index contributed by atoms with van der Waals surface area (Å²) in [5.41, 5.74) is 4.64. The highest BCUT2D eigenvalue weighted by Gasteiger charge is 2.40. The van der Waals surface area contributed by atoms with Gasteiger partial charge in [0.25, 0.3) is 5.97 Å². The van der Waals surface area contributed by atoms with Crippen molar-refractivity contribution >= 4 is 31.2 Å². The van der Waals surface area contributed by atoms with Crippen LogP contribution in [0.2, 0.25) is 18.1 Å². The highest BCUT2D eigenvalue weighted by atomic mass is 28.4. The molecule has 3 aromatic carbocycles. The SMILES string of the molecule is CC(=O)O.COC(=O)Cc1cccc(C[C@H](C)NC[C@H](O[Si](C)(C)C(C)(C)C)c2ccc(OCc3ccccc3)c3[nH]c(=O)ccc23)c1. The van der Waals surface area contributed by atoms with Crippen LogP contribution in [0.5, 0.6) is 5.75 Å². The standard InChI is InChI=1S/C36H46N2O5Si.C2H4O2/c1-25(20-27-14-11-15-28(21-27)22-34(40)41-5)37-23-32(43-44(6,7)36(2,3)4)29-16-18-31(35-30(29)17-19-33(39)38-35)42-24-26-12-9-8-10-13-26;1-2(3)4/h8-19,21,25,32,37H,20,22-24H2,1-7H3,(H,38,39);1H3,(H,3,4)/t25-,32-;/m0./s1. The summed E-state index contributed by atoms with van der Waals surface area (Å²) in [6, 6.07) is 25.7. The van der Waals surface area contributed by atoms with E-state index in [-0.39, 0.29) is 35.1 Å². The van der Waals surface area contributed by atoms with Gasteiger partial charge in [-0.1, -0.05) is 81.4 Å². The van der Waals surface area contributed by atoms with Gasteiger partial charge in [0.15, 0.2) is 8.32 Å². The maximum absolute atomic E-state index is 12.5. The predicted molar refractivity (Wildman–Crippen MR) is 193 cm³/mol. The number of rotatable bonds is 13. The minimum absolute atomic E-state index is 0.0137. The van der Waals surface area contributed by atoms with Crippen molar-refractivity contribution in [2.45, 2.75) is 84.3 Å². The van der Waals surface area contributed by atoms with Gasteiger partial charge in [0.2, 0.25) is 5.56 Å². The van der Waals surface area contributed by atoms with Crippen molar-refractivity contribution in [1.29, 1.82) is 0 Å². The van der Waals surface area contributed by atoms with Crippen molar-refractivity contribution in [2.24, 2.45) is 0 Å². The molecule has 4 aromatic rings. The number of aromatic nitrogens is 1. The summed E-state index contributed by atoms with van der Waals surface area (Å²) in [4.78, 5) is 36.3. The monoisotopic (exact) mass is 674 g/mol. The molecular formula is C38H50N2O7Si. The van der Waals surface area contributed by atoms with Crippen LogP contribution in [0.3, 0.4) is 0 Å². The minimum Gasteiger partial charge on any atom is -0.487 e. The number of fused-ring (bicyclic) bond motifs is 1. The number of aliphatic carboxylic acids is 1. The first-order chi connectivity index (χ1) is 22.6. The number of benzene rings is 3. The topological polar surface area (TPSA) is 127 Å². The number of carbonyl (C=O) groups excluding carboxylic acids is 1. The fourth-order valence-corrected chi connectivity index (χ4v) is 6.25. The van der Waals surface area contributed by atoms with E-state index in [2.05, 4.69) is 69.3 Å². The van der Waals surface area contributed by atoms with Gasteiger partial charge in [0, 0.05) is 31.0 Å². The maximum Gasteiger partial charge on any atom is 0.309 e. The zero-order valence-corrected chi connectivity index (χ0v) is 30.4. The molecule has 1 aromatic heterocycles. The van der Waals surface area contributed by atoms with E-state index in [1.54, 1.807) is 6.07 Å².